The van der Waals surface area contributed by atoms with Gasteiger partial charge in [-0.1, -0.05) is 6.08 Å². The van der Waals surface area contributed by atoms with E-state index in [1.54, 1.807) is 6.08 Å². The van der Waals surface area contributed by atoms with Gasteiger partial charge in [0.25, 0.3) is 0 Å². The van der Waals surface area contributed by atoms with Crippen LogP contribution in [0.3, 0.4) is 0 Å². The van der Waals surface area contributed by atoms with Gasteiger partial charge in [0, 0.05) is 28.9 Å². The Bertz CT molecular complexity index is 961. The van der Waals surface area contributed by atoms with Gasteiger partial charge in [-0.2, -0.15) is 0 Å². The number of carbonyl (C=O) groups excluding carboxylic acids is 3. The van der Waals surface area contributed by atoms with Crippen molar-refractivity contribution in [1.82, 2.24) is 0 Å². The maximum Gasteiger partial charge on any atom is 0.230 e. The molecule has 2 saturated carbocycles. The quantitative estimate of drug-likeness (QED) is 0.241. The van der Waals surface area contributed by atoms with Gasteiger partial charge in [0.05, 0.1) is 17.8 Å². The average molecular weight is 421 g/mol. The molecule has 0 spiro atoms. The number of amides is 1. The molecule has 0 heterocycles. The van der Waals surface area contributed by atoms with E-state index in [4.69, 9.17) is 5.73 Å². The minimum Gasteiger partial charge on any atom is -0.508 e. The first-order valence-corrected chi connectivity index (χ1v) is 9.59. The van der Waals surface area contributed by atoms with Crippen molar-refractivity contribution in [2.75, 3.05) is 0 Å². The minimum atomic E-state index is -2.93. The molecule has 4 aliphatic carbocycles. The number of fused-ring (bicyclic) bond motifs is 3. The standard InChI is InChI=1S/C20H23NO9/c1-19(29)6-3-2-4-8(22)10(6)15(25)12-13(19)14(24)7-5-9(23)11(18(21)28)16(26)20(7,30)17(12)27/h2,4,6-7,9,11,13-14,22-25,29-30H,3,5H2,1H3,(H2,21,28). The van der Waals surface area contributed by atoms with Gasteiger partial charge in [-0.3, -0.25) is 14.4 Å². The fourth-order valence-corrected chi connectivity index (χ4v) is 5.67. The zero-order chi connectivity index (χ0) is 22.3. The summed E-state index contributed by atoms with van der Waals surface area (Å²) in [5.41, 5.74) is -0.351. The molecule has 8 atom stereocenters. The molecule has 0 aliphatic heterocycles. The number of aliphatic hydroxyl groups excluding tert-OH is 4. The Hall–Kier alpha value is -2.53. The molecule has 162 valence electrons. The van der Waals surface area contributed by atoms with Crippen molar-refractivity contribution < 1.29 is 45.0 Å². The van der Waals surface area contributed by atoms with Crippen LogP contribution in [-0.4, -0.2) is 71.5 Å². The van der Waals surface area contributed by atoms with Crippen LogP contribution in [0.15, 0.2) is 34.8 Å². The zero-order valence-electron chi connectivity index (χ0n) is 16.0. The van der Waals surface area contributed by atoms with E-state index in [9.17, 15) is 45.0 Å². The van der Waals surface area contributed by atoms with Crippen LogP contribution in [0, 0.1) is 23.7 Å². The van der Waals surface area contributed by atoms with Gasteiger partial charge in [-0.05, 0) is 25.8 Å². The molecule has 8 unspecified atom stereocenters. The van der Waals surface area contributed by atoms with E-state index in [0.717, 1.165) is 0 Å². The smallest absolute Gasteiger partial charge is 0.230 e. The molecular formula is C20H23NO9. The molecule has 10 heteroatoms. The van der Waals surface area contributed by atoms with E-state index in [0.29, 0.717) is 0 Å². The van der Waals surface area contributed by atoms with Crippen LogP contribution in [0.2, 0.25) is 0 Å². The van der Waals surface area contributed by atoms with E-state index in [1.165, 1.54) is 13.0 Å². The number of allylic oxidation sites excluding steroid dienone is 3. The van der Waals surface area contributed by atoms with Crippen LogP contribution >= 0.6 is 0 Å². The normalized spacial score (nSPS) is 45.8. The highest BCUT2D eigenvalue weighted by molar-refractivity contribution is 6.23. The van der Waals surface area contributed by atoms with Crippen LogP contribution < -0.4 is 5.73 Å². The molecule has 4 rings (SSSR count). The third kappa shape index (κ3) is 2.30. The van der Waals surface area contributed by atoms with Crippen LogP contribution in [0.1, 0.15) is 19.8 Å². The Kier molecular flexibility index (Phi) is 4.31. The molecule has 0 aromatic heterocycles. The molecule has 0 aromatic carbocycles. The molecule has 30 heavy (non-hydrogen) atoms. The first kappa shape index (κ1) is 20.7. The lowest BCUT2D eigenvalue weighted by Crippen LogP contribution is -2.72. The highest BCUT2D eigenvalue weighted by Gasteiger charge is 2.70. The monoisotopic (exact) mass is 421 g/mol. The fourth-order valence-electron chi connectivity index (χ4n) is 5.67. The van der Waals surface area contributed by atoms with E-state index in [2.05, 4.69) is 0 Å². The number of primary amides is 1. The summed E-state index contributed by atoms with van der Waals surface area (Å²) in [6.07, 6.45) is -0.807. The van der Waals surface area contributed by atoms with E-state index < -0.39 is 88.1 Å². The van der Waals surface area contributed by atoms with Crippen molar-refractivity contribution in [3.05, 3.63) is 34.8 Å². The topological polar surface area (TPSA) is 199 Å². The summed E-state index contributed by atoms with van der Waals surface area (Å²) in [6.45, 7) is 1.33. The Balaban J connectivity index is 1.96. The lowest BCUT2D eigenvalue weighted by molar-refractivity contribution is -0.197. The summed E-state index contributed by atoms with van der Waals surface area (Å²) in [6, 6.07) is 0. The number of nitrogens with two attached hydrogens (primary N) is 1. The fraction of sp³-hybridized carbons (Fsp3) is 0.550. The predicted octanol–water partition coefficient (Wildman–Crippen LogP) is -1.71. The van der Waals surface area contributed by atoms with Gasteiger partial charge in [0.15, 0.2) is 11.4 Å². The van der Waals surface area contributed by atoms with Crippen molar-refractivity contribution in [2.45, 2.75) is 43.2 Å². The summed E-state index contributed by atoms with van der Waals surface area (Å²) >= 11 is 0. The average Bonchev–Trinajstić information content (AvgIpc) is 2.65. The number of aliphatic hydroxyl groups is 6. The molecule has 0 saturated heterocycles. The maximum absolute atomic E-state index is 13.4. The zero-order valence-corrected chi connectivity index (χ0v) is 16.0. The second-order valence-corrected chi connectivity index (χ2v) is 8.70. The third-order valence-electron chi connectivity index (χ3n) is 7.15. The highest BCUT2D eigenvalue weighted by atomic mass is 16.3. The first-order valence-electron chi connectivity index (χ1n) is 9.59. The molecule has 10 nitrogen and oxygen atoms in total. The summed E-state index contributed by atoms with van der Waals surface area (Å²) in [4.78, 5) is 37.9. The van der Waals surface area contributed by atoms with Gasteiger partial charge in [0.1, 0.15) is 17.4 Å². The van der Waals surface area contributed by atoms with Crippen LogP contribution in [0.5, 0.6) is 0 Å². The van der Waals surface area contributed by atoms with Crippen molar-refractivity contribution in [1.29, 1.82) is 0 Å². The highest BCUT2D eigenvalue weighted by Crippen LogP contribution is 2.56. The molecule has 0 aromatic rings. The number of hydrogen-bond acceptors (Lipinski definition) is 9. The molecule has 8 N–H and O–H groups in total. The second-order valence-electron chi connectivity index (χ2n) is 8.70. The molecular weight excluding hydrogens is 398 g/mol. The van der Waals surface area contributed by atoms with Crippen molar-refractivity contribution >= 4 is 17.5 Å². The molecule has 0 bridgehead atoms. The maximum atomic E-state index is 13.4. The van der Waals surface area contributed by atoms with Gasteiger partial charge in [0.2, 0.25) is 11.7 Å². The van der Waals surface area contributed by atoms with Gasteiger partial charge in [-0.25, -0.2) is 0 Å². The Morgan fingerprint density at radius 2 is 1.80 bits per heavy atom. The van der Waals surface area contributed by atoms with Crippen LogP contribution in [0.4, 0.5) is 0 Å². The summed E-state index contributed by atoms with van der Waals surface area (Å²) < 4.78 is 0. The molecule has 0 radical (unpaired) electrons. The van der Waals surface area contributed by atoms with E-state index in [1.807, 2.05) is 0 Å². The van der Waals surface area contributed by atoms with Crippen molar-refractivity contribution in [2.24, 2.45) is 29.4 Å². The van der Waals surface area contributed by atoms with E-state index >= 15 is 0 Å². The summed E-state index contributed by atoms with van der Waals surface area (Å²) in [5, 5.41) is 64.8. The van der Waals surface area contributed by atoms with Crippen LogP contribution in [0.25, 0.3) is 0 Å². The number of carbonyl (C=O) groups is 3. The third-order valence-corrected chi connectivity index (χ3v) is 7.15. The first-order chi connectivity index (χ1) is 13.9. The van der Waals surface area contributed by atoms with Crippen molar-refractivity contribution in [3.8, 4) is 0 Å². The number of hydrogen-bond donors (Lipinski definition) is 7. The van der Waals surface area contributed by atoms with Gasteiger partial charge in [-0.15, -0.1) is 0 Å². The van der Waals surface area contributed by atoms with E-state index in [-0.39, 0.29) is 12.0 Å². The lowest BCUT2D eigenvalue weighted by atomic mass is 9.50. The Morgan fingerprint density at radius 3 is 2.40 bits per heavy atom. The summed E-state index contributed by atoms with van der Waals surface area (Å²) in [5.74, 6) is -10.7. The SMILES string of the molecule is CC1(O)C2CC=CC(O)=C2C(O)=C2C(=O)C3(O)C(=O)C(C(N)=O)C(O)CC3C(O)C21. The minimum absolute atomic E-state index is 0.133. The van der Waals surface area contributed by atoms with Gasteiger partial charge >= 0.3 is 0 Å². The largest absolute Gasteiger partial charge is 0.508 e. The van der Waals surface area contributed by atoms with Crippen LogP contribution in [-0.2, 0) is 14.4 Å². The van der Waals surface area contributed by atoms with Gasteiger partial charge < -0.3 is 36.4 Å². The Morgan fingerprint density at radius 1 is 1.17 bits per heavy atom. The lowest BCUT2D eigenvalue weighted by Gasteiger charge is -2.56. The second kappa shape index (κ2) is 6.24. The number of Topliss-reactive ketones (excluding diaryl/α,β-unsaturated/α-hetero) is 2. The molecule has 4 aliphatic rings. The summed E-state index contributed by atoms with van der Waals surface area (Å²) in [7, 11) is 0. The predicted molar refractivity (Wildman–Crippen MR) is 98.4 cm³/mol. The number of rotatable bonds is 1. The van der Waals surface area contributed by atoms with Crippen molar-refractivity contribution in [3.63, 3.8) is 0 Å². The molecule has 1 amide bonds. The Labute approximate surface area is 170 Å². The number of ketones is 2. The molecule has 2 fully saturated rings.